The molecule has 0 bridgehead atoms. The maximum atomic E-state index is 13.5. The number of pyridine rings is 1. The maximum Gasteiger partial charge on any atom is 0.280 e. The Hall–Kier alpha value is -2.89. The van der Waals surface area contributed by atoms with Gasteiger partial charge in [-0.3, -0.25) is 9.71 Å². The summed E-state index contributed by atoms with van der Waals surface area (Å²) < 4.78 is 52.0. The fourth-order valence-electron chi connectivity index (χ4n) is 2.90. The van der Waals surface area contributed by atoms with Crippen LogP contribution in [0.4, 0.5) is 19.1 Å². The molecular weight excluding hydrogens is 429 g/mol. The molecule has 4 N–H and O–H groups in total. The average Bonchev–Trinajstić information content (AvgIpc) is 2.73. The van der Waals surface area contributed by atoms with Gasteiger partial charge in [0.15, 0.2) is 0 Å². The van der Waals surface area contributed by atoms with Crippen LogP contribution in [-0.2, 0) is 0 Å². The minimum atomic E-state index is -2.75. The maximum absolute atomic E-state index is 13.5. The van der Waals surface area contributed by atoms with Gasteiger partial charge in [0, 0.05) is 29.9 Å². The molecule has 0 fully saturated rings. The number of anilines is 1. The molecule has 0 unspecified atom stereocenters. The van der Waals surface area contributed by atoms with Crippen molar-refractivity contribution in [3.05, 3.63) is 53.6 Å². The second-order valence-electron chi connectivity index (χ2n) is 6.39. The predicted octanol–water partition coefficient (Wildman–Crippen LogP) is 3.92. The Balaban J connectivity index is 2.14. The van der Waals surface area contributed by atoms with Crippen LogP contribution in [-0.4, -0.2) is 35.2 Å². The van der Waals surface area contributed by atoms with E-state index < -0.39 is 12.2 Å². The fourth-order valence-corrected chi connectivity index (χ4v) is 3.23. The van der Waals surface area contributed by atoms with Gasteiger partial charge in [-0.05, 0) is 55.9 Å². The highest BCUT2D eigenvalue weighted by Crippen LogP contribution is 2.39. The van der Waals surface area contributed by atoms with Crippen LogP contribution in [0.1, 0.15) is 17.8 Å². The number of hydrogen-bond donors (Lipinski definition) is 3. The molecule has 0 saturated heterocycles. The third-order valence-electron chi connectivity index (χ3n) is 4.11. The Kier molecular flexibility index (Phi) is 7.66. The number of aryl methyl sites for hydroxylation is 1. The van der Waals surface area contributed by atoms with Crippen molar-refractivity contribution in [2.75, 3.05) is 25.9 Å². The van der Waals surface area contributed by atoms with Crippen molar-refractivity contribution >= 4 is 18.1 Å². The lowest BCUT2D eigenvalue weighted by Gasteiger charge is -2.16. The van der Waals surface area contributed by atoms with Crippen LogP contribution in [0.3, 0.4) is 0 Å². The highest BCUT2D eigenvalue weighted by Gasteiger charge is 2.21. The number of nitrogens with one attached hydrogen (secondary N) is 2. The number of aromatic nitrogens is 3. The summed E-state index contributed by atoms with van der Waals surface area (Å²) in [6, 6.07) is 8.50. The predicted molar refractivity (Wildman–Crippen MR) is 115 cm³/mol. The zero-order valence-corrected chi connectivity index (χ0v) is 17.6. The second kappa shape index (κ2) is 10.4. The molecule has 2 aromatic heterocycles. The number of alkyl halides is 2. The summed E-state index contributed by atoms with van der Waals surface area (Å²) >= 11 is 1.29. The minimum Gasteiger partial charge on any atom is -0.476 e. The summed E-state index contributed by atoms with van der Waals surface area (Å²) in [5, 5.41) is 0. The first-order valence-corrected chi connectivity index (χ1v) is 10.1. The number of nitrogen functional groups attached to an aromatic ring is 1. The van der Waals surface area contributed by atoms with Crippen LogP contribution in [0.5, 0.6) is 5.88 Å². The van der Waals surface area contributed by atoms with Crippen molar-refractivity contribution in [3.8, 4) is 28.3 Å². The second-order valence-corrected chi connectivity index (χ2v) is 7.29. The van der Waals surface area contributed by atoms with Gasteiger partial charge in [0.05, 0.1) is 11.3 Å². The number of ether oxygens (including phenoxy) is 1. The molecule has 3 rings (SSSR count). The smallest absolute Gasteiger partial charge is 0.280 e. The Morgan fingerprint density at radius 1 is 1.10 bits per heavy atom. The van der Waals surface area contributed by atoms with E-state index in [0.717, 1.165) is 0 Å². The number of benzene rings is 1. The van der Waals surface area contributed by atoms with Gasteiger partial charge in [0.2, 0.25) is 11.8 Å². The van der Waals surface area contributed by atoms with Crippen LogP contribution in [0.15, 0.2) is 36.4 Å². The molecule has 0 radical (unpaired) electrons. The first-order valence-electron chi connectivity index (χ1n) is 9.28. The molecule has 164 valence electrons. The molecule has 0 aliphatic rings. The number of nitrogens with two attached hydrogens (primary N) is 1. The first-order chi connectivity index (χ1) is 14.9. The van der Waals surface area contributed by atoms with Gasteiger partial charge < -0.3 is 10.5 Å². The Morgan fingerprint density at radius 2 is 1.84 bits per heavy atom. The minimum absolute atomic E-state index is 0.0597. The van der Waals surface area contributed by atoms with E-state index in [9.17, 15) is 13.2 Å². The zero-order chi connectivity index (χ0) is 22.4. The van der Waals surface area contributed by atoms with E-state index in [-0.39, 0.29) is 24.1 Å². The standard InChI is InChI=1S/C20H21F3N6OS/c1-11-9-13(10-15(27-11)18(22)23)16-17(12-3-5-14(21)6-4-12)28-20(24)29-19(16)30-8-7-26-31-25-2/h3-6,9-10,18,25-26H,7-8H2,1-2H3,(H2,24,28,29). The van der Waals surface area contributed by atoms with E-state index >= 15 is 0 Å². The summed E-state index contributed by atoms with van der Waals surface area (Å²) in [4.78, 5) is 12.4. The van der Waals surface area contributed by atoms with Gasteiger partial charge in [-0.15, -0.1) is 0 Å². The van der Waals surface area contributed by atoms with Crippen LogP contribution in [0.25, 0.3) is 22.4 Å². The highest BCUT2D eigenvalue weighted by molar-refractivity contribution is 7.95. The lowest BCUT2D eigenvalue weighted by Crippen LogP contribution is -2.18. The highest BCUT2D eigenvalue weighted by atomic mass is 32.2. The molecular formula is C20H21F3N6OS. The van der Waals surface area contributed by atoms with Gasteiger partial charge in [0.1, 0.15) is 18.1 Å². The normalized spacial score (nSPS) is 11.2. The van der Waals surface area contributed by atoms with E-state index in [2.05, 4.69) is 24.4 Å². The Morgan fingerprint density at radius 3 is 2.52 bits per heavy atom. The largest absolute Gasteiger partial charge is 0.476 e. The summed E-state index contributed by atoms with van der Waals surface area (Å²) in [5.41, 5.74) is 7.55. The van der Waals surface area contributed by atoms with Gasteiger partial charge in [0.25, 0.3) is 6.43 Å². The average molecular weight is 450 g/mol. The van der Waals surface area contributed by atoms with Crippen molar-refractivity contribution in [2.24, 2.45) is 0 Å². The monoisotopic (exact) mass is 450 g/mol. The van der Waals surface area contributed by atoms with E-state index in [0.29, 0.717) is 34.6 Å². The van der Waals surface area contributed by atoms with E-state index in [1.165, 1.54) is 42.5 Å². The molecule has 2 heterocycles. The lowest BCUT2D eigenvalue weighted by molar-refractivity contribution is 0.146. The molecule has 31 heavy (non-hydrogen) atoms. The number of halogens is 3. The van der Waals surface area contributed by atoms with E-state index in [1.807, 2.05) is 0 Å². The number of hydrogen-bond acceptors (Lipinski definition) is 8. The van der Waals surface area contributed by atoms with Gasteiger partial charge in [-0.2, -0.15) is 4.98 Å². The van der Waals surface area contributed by atoms with Crippen LogP contribution in [0.2, 0.25) is 0 Å². The molecule has 7 nitrogen and oxygen atoms in total. The number of rotatable bonds is 9. The van der Waals surface area contributed by atoms with E-state index in [4.69, 9.17) is 10.5 Å². The summed E-state index contributed by atoms with van der Waals surface area (Å²) in [5.74, 6) is -0.346. The van der Waals surface area contributed by atoms with Crippen molar-refractivity contribution in [2.45, 2.75) is 13.3 Å². The zero-order valence-electron chi connectivity index (χ0n) is 16.8. The molecule has 0 atom stereocenters. The molecule has 0 aliphatic heterocycles. The third-order valence-corrected chi connectivity index (χ3v) is 4.67. The first kappa shape index (κ1) is 22.8. The van der Waals surface area contributed by atoms with Crippen molar-refractivity contribution < 1.29 is 17.9 Å². The fraction of sp³-hybridized carbons (Fsp3) is 0.250. The number of nitrogens with zero attached hydrogens (tertiary/aromatic N) is 3. The summed E-state index contributed by atoms with van der Waals surface area (Å²) in [6.45, 7) is 2.32. The molecule has 11 heteroatoms. The summed E-state index contributed by atoms with van der Waals surface area (Å²) in [7, 11) is 1.77. The molecule has 0 amide bonds. The van der Waals surface area contributed by atoms with Crippen molar-refractivity contribution in [3.63, 3.8) is 0 Å². The SMILES string of the molecule is CNSNCCOc1nc(N)nc(-c2ccc(F)cc2)c1-c1cc(C)nc(C(F)F)c1. The van der Waals surface area contributed by atoms with E-state index in [1.54, 1.807) is 20.0 Å². The molecule has 3 aromatic rings. The lowest BCUT2D eigenvalue weighted by atomic mass is 9.99. The topological polar surface area (TPSA) is 98.0 Å². The van der Waals surface area contributed by atoms with Gasteiger partial charge in [-0.1, -0.05) is 0 Å². The molecule has 1 aromatic carbocycles. The summed E-state index contributed by atoms with van der Waals surface area (Å²) in [6.07, 6.45) is -2.75. The van der Waals surface area contributed by atoms with Crippen LogP contribution in [0, 0.1) is 12.7 Å². The van der Waals surface area contributed by atoms with Gasteiger partial charge in [-0.25, -0.2) is 22.9 Å². The van der Waals surface area contributed by atoms with Crippen LogP contribution < -0.4 is 19.9 Å². The molecule has 0 aliphatic carbocycles. The third kappa shape index (κ3) is 5.84. The molecule has 0 spiro atoms. The van der Waals surface area contributed by atoms with Crippen molar-refractivity contribution in [1.82, 2.24) is 24.4 Å². The Labute approximate surface area is 181 Å². The quantitative estimate of drug-likeness (QED) is 0.333. The van der Waals surface area contributed by atoms with Crippen LogP contribution >= 0.6 is 12.1 Å². The Bertz CT molecular complexity index is 1040. The molecule has 0 saturated carbocycles. The van der Waals surface area contributed by atoms with Crippen molar-refractivity contribution in [1.29, 1.82) is 0 Å². The van der Waals surface area contributed by atoms with Gasteiger partial charge >= 0.3 is 0 Å².